The molecular weight excluding hydrogens is 608 g/mol. The number of rotatable bonds is 10. The van der Waals surface area contributed by atoms with Crippen LogP contribution in [0.4, 0.5) is 0 Å². The molecule has 15 atom stereocenters. The summed E-state index contributed by atoms with van der Waals surface area (Å²) in [6.07, 6.45) is 8.48. The van der Waals surface area contributed by atoms with Crippen molar-refractivity contribution in [3.05, 3.63) is 11.1 Å². The molecule has 2 aliphatic heterocycles. The molecule has 272 valence electrons. The summed E-state index contributed by atoms with van der Waals surface area (Å²) in [4.78, 5) is 14.2. The number of Topliss-reactive ketones (excluding diaryl/α,β-unsaturated/α-hetero) is 1. The Bertz CT molecular complexity index is 1320. The number of ether oxygens (including phenoxy) is 1. The summed E-state index contributed by atoms with van der Waals surface area (Å²) in [6.45, 7) is 10.8. The zero-order valence-corrected chi connectivity index (χ0v) is 30.1. The van der Waals surface area contributed by atoms with Crippen molar-refractivity contribution in [1.82, 2.24) is 5.32 Å². The SMILES string of the molecule is CCC[C@](O)([C@@H]1O[C@@H]1[C@](C)(O)[C@](C)(CO)CCC1CCNC(N)C1)[C@@H]1C[C@H]2CCC3=C4[C@H](CC[C@@]1(C)[C@]42O)[C@]1(C)CC[C@H](O)C[C@H]1C3=O. The molecule has 2 unspecified atom stereocenters. The Morgan fingerprint density at radius 3 is 2.44 bits per heavy atom. The first-order valence-corrected chi connectivity index (χ1v) is 19.4. The third kappa shape index (κ3) is 4.80. The highest BCUT2D eigenvalue weighted by Crippen LogP contribution is 2.74. The Balaban J connectivity index is 1.18. The summed E-state index contributed by atoms with van der Waals surface area (Å²) < 4.78 is 6.41. The topological polar surface area (TPSA) is 169 Å². The third-order valence-corrected chi connectivity index (χ3v) is 16.3. The van der Waals surface area contributed by atoms with Crippen LogP contribution >= 0.6 is 0 Å². The van der Waals surface area contributed by atoms with E-state index >= 15 is 0 Å². The molecule has 5 fully saturated rings. The Kier molecular flexibility index (Phi) is 8.73. The number of nitrogens with one attached hydrogen (secondary N) is 1. The van der Waals surface area contributed by atoms with E-state index in [1.807, 2.05) is 6.92 Å². The Morgan fingerprint density at radius 1 is 1.00 bits per heavy atom. The zero-order valence-electron chi connectivity index (χ0n) is 30.1. The number of piperidine rings is 1. The lowest BCUT2D eigenvalue weighted by Crippen LogP contribution is -2.65. The van der Waals surface area contributed by atoms with Crippen molar-refractivity contribution in [2.24, 2.45) is 51.6 Å². The highest BCUT2D eigenvalue weighted by atomic mass is 16.6. The van der Waals surface area contributed by atoms with Crippen LogP contribution in [0.25, 0.3) is 0 Å². The van der Waals surface area contributed by atoms with Gasteiger partial charge in [-0.1, -0.05) is 34.1 Å². The van der Waals surface area contributed by atoms with Crippen molar-refractivity contribution in [2.75, 3.05) is 13.2 Å². The lowest BCUT2D eigenvalue weighted by atomic mass is 9.42. The standard InChI is InChI=1S/C39H64N2O7/c1-6-13-38(46,33-32(48-33)37(5,45)34(2,21-42)14-9-22-12-17-41-29(40)18-22)28-19-23-7-8-25-30-26(11-16-36(28,4)39(23,30)47)35(3)15-10-24(43)20-27(35)31(25)44/h22-24,26-29,32-33,41-43,45-47H,6-21,40H2,1-5H3/t22?,23-,24+,26+,27+,28-,29?,32+,33-,34+,35+,36-,37+,38-,39-/m1/s1. The van der Waals surface area contributed by atoms with Gasteiger partial charge < -0.3 is 41.3 Å². The minimum absolute atomic E-state index is 0.0235. The number of hydrogen-bond acceptors (Lipinski definition) is 9. The van der Waals surface area contributed by atoms with Crippen molar-refractivity contribution in [2.45, 2.75) is 166 Å². The van der Waals surface area contributed by atoms with Crippen molar-refractivity contribution in [3.63, 3.8) is 0 Å². The van der Waals surface area contributed by atoms with Crippen molar-refractivity contribution < 1.29 is 35.1 Å². The molecule has 2 heterocycles. The average molecular weight is 673 g/mol. The van der Waals surface area contributed by atoms with Crippen LogP contribution in [0.3, 0.4) is 0 Å². The average Bonchev–Trinajstić information content (AvgIpc) is 3.83. The van der Waals surface area contributed by atoms with Gasteiger partial charge in [0.2, 0.25) is 0 Å². The Labute approximate surface area is 287 Å². The van der Waals surface area contributed by atoms with Gasteiger partial charge in [-0.15, -0.1) is 0 Å². The highest BCUT2D eigenvalue weighted by molar-refractivity contribution is 6.00. The van der Waals surface area contributed by atoms with E-state index in [-0.39, 0.29) is 47.6 Å². The monoisotopic (exact) mass is 672 g/mol. The first-order chi connectivity index (χ1) is 22.5. The Morgan fingerprint density at radius 2 is 1.75 bits per heavy atom. The van der Waals surface area contributed by atoms with Gasteiger partial charge in [-0.3, -0.25) is 4.79 Å². The number of aliphatic hydroxyl groups is 5. The van der Waals surface area contributed by atoms with Gasteiger partial charge in [-0.2, -0.15) is 0 Å². The summed E-state index contributed by atoms with van der Waals surface area (Å²) >= 11 is 0. The molecule has 9 nitrogen and oxygen atoms in total. The van der Waals surface area contributed by atoms with Crippen LogP contribution in [0, 0.1) is 45.8 Å². The van der Waals surface area contributed by atoms with E-state index in [1.54, 1.807) is 6.92 Å². The zero-order chi connectivity index (χ0) is 34.7. The second-order valence-corrected chi connectivity index (χ2v) is 18.6. The number of epoxide rings is 1. The van der Waals surface area contributed by atoms with Crippen molar-refractivity contribution in [1.29, 1.82) is 0 Å². The molecular formula is C39H64N2O7. The molecule has 48 heavy (non-hydrogen) atoms. The third-order valence-electron chi connectivity index (χ3n) is 16.3. The summed E-state index contributed by atoms with van der Waals surface area (Å²) in [6, 6.07) is 0. The van der Waals surface area contributed by atoms with Gasteiger partial charge in [0.15, 0.2) is 5.78 Å². The van der Waals surface area contributed by atoms with Crippen molar-refractivity contribution >= 4 is 5.78 Å². The molecule has 3 saturated carbocycles. The fraction of sp³-hybridized carbons (Fsp3) is 0.923. The highest BCUT2D eigenvalue weighted by Gasteiger charge is 2.77. The number of hydrogen-bond donors (Lipinski definition) is 7. The molecule has 8 N–H and O–H groups in total. The first-order valence-electron chi connectivity index (χ1n) is 19.4. The second kappa shape index (κ2) is 11.8. The van der Waals surface area contributed by atoms with Gasteiger partial charge in [0.25, 0.3) is 0 Å². The molecule has 0 aromatic heterocycles. The number of carbonyl (C=O) groups is 1. The quantitative estimate of drug-likeness (QED) is 0.171. The number of ketones is 1. The maximum atomic E-state index is 14.2. The van der Waals surface area contributed by atoms with Gasteiger partial charge in [0.1, 0.15) is 12.2 Å². The van der Waals surface area contributed by atoms with E-state index in [0.29, 0.717) is 50.9 Å². The molecule has 2 saturated heterocycles. The van der Waals surface area contributed by atoms with Crippen LogP contribution in [0.1, 0.15) is 125 Å². The van der Waals surface area contributed by atoms with E-state index in [2.05, 4.69) is 26.1 Å². The first kappa shape index (κ1) is 35.5. The van der Waals surface area contributed by atoms with E-state index in [1.165, 1.54) is 0 Å². The molecule has 0 aromatic rings. The normalized spacial score (nSPS) is 49.0. The number of nitrogens with two attached hydrogens (primary N) is 1. The van der Waals surface area contributed by atoms with Crippen LogP contribution in [0.5, 0.6) is 0 Å². The molecule has 0 spiro atoms. The van der Waals surface area contributed by atoms with Crippen LogP contribution in [-0.2, 0) is 9.53 Å². The number of aliphatic hydroxyl groups excluding tert-OH is 2. The van der Waals surface area contributed by atoms with E-state index < -0.39 is 45.9 Å². The molecule has 0 aromatic carbocycles. The molecule has 7 rings (SSSR count). The van der Waals surface area contributed by atoms with E-state index in [4.69, 9.17) is 10.5 Å². The minimum atomic E-state index is -1.38. The number of fused-ring (bicyclic) bond motifs is 2. The van der Waals surface area contributed by atoms with Gasteiger partial charge >= 0.3 is 0 Å². The summed E-state index contributed by atoms with van der Waals surface area (Å²) in [7, 11) is 0. The largest absolute Gasteiger partial charge is 0.396 e. The van der Waals surface area contributed by atoms with Crippen LogP contribution < -0.4 is 11.1 Å². The maximum absolute atomic E-state index is 14.2. The van der Waals surface area contributed by atoms with E-state index in [0.717, 1.165) is 62.6 Å². The molecule has 7 aliphatic rings. The number of allylic oxidation sites excluding steroid dienone is 1. The minimum Gasteiger partial charge on any atom is -0.396 e. The fourth-order valence-corrected chi connectivity index (χ4v) is 12.9. The lowest BCUT2D eigenvalue weighted by Gasteiger charge is -2.63. The second-order valence-electron chi connectivity index (χ2n) is 18.6. The number of carbonyl (C=O) groups excluding carboxylic acids is 1. The molecule has 0 radical (unpaired) electrons. The predicted molar refractivity (Wildman–Crippen MR) is 182 cm³/mol. The summed E-state index contributed by atoms with van der Waals surface area (Å²) in [5.74, 6) is 0.143. The lowest BCUT2D eigenvalue weighted by molar-refractivity contribution is -0.168. The van der Waals surface area contributed by atoms with Crippen LogP contribution in [-0.4, -0.2) is 85.7 Å². The maximum Gasteiger partial charge on any atom is 0.162 e. The molecule has 5 aliphatic carbocycles. The van der Waals surface area contributed by atoms with Crippen molar-refractivity contribution in [3.8, 4) is 0 Å². The molecule has 9 heteroatoms. The summed E-state index contributed by atoms with van der Waals surface area (Å²) in [5, 5.41) is 63.1. The fourth-order valence-electron chi connectivity index (χ4n) is 12.9. The van der Waals surface area contributed by atoms with Gasteiger partial charge in [-0.25, -0.2) is 0 Å². The van der Waals surface area contributed by atoms with Gasteiger partial charge in [0.05, 0.1) is 35.7 Å². The molecule has 0 amide bonds. The summed E-state index contributed by atoms with van der Waals surface area (Å²) in [5.41, 5.74) is 2.34. The van der Waals surface area contributed by atoms with Gasteiger partial charge in [0, 0.05) is 16.7 Å². The smallest absolute Gasteiger partial charge is 0.162 e. The van der Waals surface area contributed by atoms with Gasteiger partial charge in [-0.05, 0) is 137 Å². The van der Waals surface area contributed by atoms with E-state index in [9.17, 15) is 30.3 Å². The molecule has 0 bridgehead atoms. The predicted octanol–water partition coefficient (Wildman–Crippen LogP) is 3.72. The Hall–Kier alpha value is -0.910. The van der Waals surface area contributed by atoms with Crippen LogP contribution in [0.15, 0.2) is 11.1 Å². The van der Waals surface area contributed by atoms with Crippen LogP contribution in [0.2, 0.25) is 0 Å².